The Labute approximate surface area is 163 Å². The average molecular weight is 396 g/mol. The lowest BCUT2D eigenvalue weighted by Crippen LogP contribution is -2.04. The summed E-state index contributed by atoms with van der Waals surface area (Å²) in [4.78, 5) is 18.1. The minimum atomic E-state index is -4.40. The van der Waals surface area contributed by atoms with Crippen molar-refractivity contribution < 1.29 is 23.1 Å². The van der Waals surface area contributed by atoms with Gasteiger partial charge in [0.2, 0.25) is 0 Å². The maximum Gasteiger partial charge on any atom is 0.416 e. The number of carboxylic acid groups (broad SMARTS) is 1. The molecular formula is C22H15F3N2O2. The first kappa shape index (κ1) is 18.7. The highest BCUT2D eigenvalue weighted by Crippen LogP contribution is 2.32. The van der Waals surface area contributed by atoms with E-state index in [4.69, 9.17) is 5.11 Å². The van der Waals surface area contributed by atoms with Crippen molar-refractivity contribution in [3.8, 4) is 22.5 Å². The van der Waals surface area contributed by atoms with Crippen molar-refractivity contribution in [3.63, 3.8) is 0 Å². The normalized spacial score (nSPS) is 11.7. The number of benzene rings is 3. The molecule has 4 rings (SSSR count). The number of hydrogen-bond donors (Lipinski definition) is 2. The van der Waals surface area contributed by atoms with E-state index in [0.717, 1.165) is 34.4 Å². The number of hydrogen-bond acceptors (Lipinski definition) is 2. The first-order valence-corrected chi connectivity index (χ1v) is 8.78. The molecule has 1 heterocycles. The zero-order valence-electron chi connectivity index (χ0n) is 15.0. The summed E-state index contributed by atoms with van der Waals surface area (Å²) in [5.41, 5.74) is 3.41. The van der Waals surface area contributed by atoms with Crippen LogP contribution in [-0.4, -0.2) is 21.0 Å². The molecule has 3 aromatic carbocycles. The van der Waals surface area contributed by atoms with Gasteiger partial charge in [-0.1, -0.05) is 48.5 Å². The molecule has 4 nitrogen and oxygen atoms in total. The first-order valence-electron chi connectivity index (χ1n) is 8.78. The van der Waals surface area contributed by atoms with Crippen molar-refractivity contribution in [1.29, 1.82) is 0 Å². The fourth-order valence-electron chi connectivity index (χ4n) is 3.13. The molecule has 2 N–H and O–H groups in total. The summed E-state index contributed by atoms with van der Waals surface area (Å²) in [5.74, 6) is -0.391. The van der Waals surface area contributed by atoms with Crippen molar-refractivity contribution in [3.05, 3.63) is 77.9 Å². The van der Waals surface area contributed by atoms with Gasteiger partial charge in [0.1, 0.15) is 5.82 Å². The Morgan fingerprint density at radius 1 is 0.897 bits per heavy atom. The van der Waals surface area contributed by atoms with E-state index < -0.39 is 17.7 Å². The van der Waals surface area contributed by atoms with Crippen LogP contribution < -0.4 is 0 Å². The van der Waals surface area contributed by atoms with Gasteiger partial charge in [-0.2, -0.15) is 13.2 Å². The van der Waals surface area contributed by atoms with Crippen molar-refractivity contribution in [2.24, 2.45) is 0 Å². The highest BCUT2D eigenvalue weighted by molar-refractivity contribution is 5.80. The lowest BCUT2D eigenvalue weighted by molar-refractivity contribution is -0.138. The van der Waals surface area contributed by atoms with Crippen LogP contribution in [0.2, 0.25) is 0 Å². The summed E-state index contributed by atoms with van der Waals surface area (Å²) in [6.45, 7) is 0. The van der Waals surface area contributed by atoms with E-state index in [1.54, 1.807) is 12.1 Å². The van der Waals surface area contributed by atoms with Crippen molar-refractivity contribution in [2.45, 2.75) is 12.6 Å². The number of rotatable bonds is 4. The molecule has 0 bridgehead atoms. The Bertz CT molecular complexity index is 1180. The van der Waals surface area contributed by atoms with Crippen molar-refractivity contribution in [2.75, 3.05) is 0 Å². The molecule has 0 unspecified atom stereocenters. The zero-order valence-corrected chi connectivity index (χ0v) is 15.0. The van der Waals surface area contributed by atoms with Crippen molar-refractivity contribution >= 4 is 17.0 Å². The van der Waals surface area contributed by atoms with Crippen LogP contribution in [0.1, 0.15) is 11.1 Å². The lowest BCUT2D eigenvalue weighted by atomic mass is 10.0. The van der Waals surface area contributed by atoms with Crippen LogP contribution in [0.5, 0.6) is 0 Å². The summed E-state index contributed by atoms with van der Waals surface area (Å²) < 4.78 is 38.6. The van der Waals surface area contributed by atoms with E-state index in [2.05, 4.69) is 9.97 Å². The molecule has 0 amide bonds. The Morgan fingerprint density at radius 2 is 1.48 bits per heavy atom. The second kappa shape index (κ2) is 7.09. The smallest absolute Gasteiger partial charge is 0.416 e. The number of imidazole rings is 1. The van der Waals surface area contributed by atoms with Gasteiger partial charge in [0, 0.05) is 5.56 Å². The quantitative estimate of drug-likeness (QED) is 0.476. The number of fused-ring (bicyclic) bond motifs is 1. The monoisotopic (exact) mass is 396 g/mol. The fourth-order valence-corrected chi connectivity index (χ4v) is 3.13. The number of alkyl halides is 3. The van der Waals surface area contributed by atoms with E-state index in [9.17, 15) is 18.0 Å². The topological polar surface area (TPSA) is 66.0 Å². The third kappa shape index (κ3) is 3.99. The van der Waals surface area contributed by atoms with Gasteiger partial charge in [0.05, 0.1) is 23.0 Å². The molecule has 0 saturated heterocycles. The summed E-state index contributed by atoms with van der Waals surface area (Å²) in [5, 5.41) is 8.83. The van der Waals surface area contributed by atoms with E-state index in [0.29, 0.717) is 16.9 Å². The van der Waals surface area contributed by atoms with E-state index in [1.807, 2.05) is 36.4 Å². The third-order valence-electron chi connectivity index (χ3n) is 4.61. The number of nitrogens with zero attached hydrogens (tertiary/aromatic N) is 1. The van der Waals surface area contributed by atoms with E-state index in [1.165, 1.54) is 6.07 Å². The van der Waals surface area contributed by atoms with Gasteiger partial charge in [-0.15, -0.1) is 0 Å². The Balaban J connectivity index is 1.59. The molecule has 0 fully saturated rings. The van der Waals surface area contributed by atoms with Crippen LogP contribution in [0.3, 0.4) is 0 Å². The minimum absolute atomic E-state index is 0.0265. The second-order valence-electron chi connectivity index (χ2n) is 6.66. The third-order valence-corrected chi connectivity index (χ3v) is 4.61. The number of nitrogens with one attached hydrogen (secondary N) is 1. The van der Waals surface area contributed by atoms with Crippen LogP contribution in [0, 0.1) is 0 Å². The maximum absolute atomic E-state index is 12.9. The molecule has 0 atom stereocenters. The first-order chi connectivity index (χ1) is 13.8. The zero-order chi connectivity index (χ0) is 20.6. The predicted octanol–water partition coefficient (Wildman–Crippen LogP) is 5.54. The minimum Gasteiger partial charge on any atom is -0.481 e. The van der Waals surface area contributed by atoms with Gasteiger partial charge in [-0.25, -0.2) is 4.98 Å². The van der Waals surface area contributed by atoms with Gasteiger partial charge in [-0.05, 0) is 34.9 Å². The molecule has 0 aliphatic rings. The highest BCUT2D eigenvalue weighted by Gasteiger charge is 2.30. The van der Waals surface area contributed by atoms with Crippen LogP contribution in [0.15, 0.2) is 66.7 Å². The number of H-pyrrole nitrogens is 1. The number of aromatic nitrogens is 2. The molecule has 0 aliphatic heterocycles. The molecule has 146 valence electrons. The molecule has 1 aromatic heterocycles. The molecule has 0 spiro atoms. The Kier molecular flexibility index (Phi) is 4.58. The molecule has 0 radical (unpaired) electrons. The standard InChI is InChI=1S/C22H15F3N2O2/c23-22(24,25)17-9-10-18-19(12-17)27-21(26-18)16-7-5-15(6-8-16)14-3-1-13(2-4-14)11-20(28)29/h1-10,12H,11H2,(H,26,27)(H,28,29). The van der Waals surface area contributed by atoms with Crippen molar-refractivity contribution in [1.82, 2.24) is 9.97 Å². The Hall–Kier alpha value is -3.61. The summed E-state index contributed by atoms with van der Waals surface area (Å²) in [7, 11) is 0. The summed E-state index contributed by atoms with van der Waals surface area (Å²) >= 11 is 0. The Morgan fingerprint density at radius 3 is 2.07 bits per heavy atom. The fraction of sp³-hybridized carbons (Fsp3) is 0.0909. The number of carboxylic acids is 1. The van der Waals surface area contributed by atoms with Gasteiger partial charge >= 0.3 is 12.1 Å². The average Bonchev–Trinajstić information content (AvgIpc) is 3.11. The van der Waals surface area contributed by atoms with Gasteiger partial charge < -0.3 is 10.1 Å². The molecule has 29 heavy (non-hydrogen) atoms. The highest BCUT2D eigenvalue weighted by atomic mass is 19.4. The number of aliphatic carboxylic acids is 1. The SMILES string of the molecule is O=C(O)Cc1ccc(-c2ccc(-c3nc4ccc(C(F)(F)F)cc4[nH]3)cc2)cc1. The molecule has 7 heteroatoms. The van der Waals surface area contributed by atoms with Gasteiger partial charge in [0.25, 0.3) is 0 Å². The second-order valence-corrected chi connectivity index (χ2v) is 6.66. The van der Waals surface area contributed by atoms with E-state index in [-0.39, 0.29) is 6.42 Å². The van der Waals surface area contributed by atoms with E-state index >= 15 is 0 Å². The predicted molar refractivity (Wildman–Crippen MR) is 103 cm³/mol. The largest absolute Gasteiger partial charge is 0.481 e. The number of halogens is 3. The molecule has 4 aromatic rings. The molecular weight excluding hydrogens is 381 g/mol. The summed E-state index contributed by atoms with van der Waals surface area (Å²) in [6, 6.07) is 18.1. The number of carbonyl (C=O) groups is 1. The maximum atomic E-state index is 12.9. The molecule has 0 aliphatic carbocycles. The molecule has 0 saturated carbocycles. The lowest BCUT2D eigenvalue weighted by Gasteiger charge is -2.05. The van der Waals surface area contributed by atoms with Crippen LogP contribution in [-0.2, 0) is 17.4 Å². The number of aromatic amines is 1. The summed E-state index contributed by atoms with van der Waals surface area (Å²) in [6.07, 6.45) is -4.43. The van der Waals surface area contributed by atoms with Crippen LogP contribution in [0.25, 0.3) is 33.5 Å². The van der Waals surface area contributed by atoms with Gasteiger partial charge in [0.15, 0.2) is 0 Å². The van der Waals surface area contributed by atoms with Crippen LogP contribution in [0.4, 0.5) is 13.2 Å². The van der Waals surface area contributed by atoms with Crippen LogP contribution >= 0.6 is 0 Å². The van der Waals surface area contributed by atoms with Gasteiger partial charge in [-0.3, -0.25) is 4.79 Å².